The first-order chi connectivity index (χ1) is 9.04. The van der Waals surface area contributed by atoms with Crippen LogP contribution in [0.2, 0.25) is 0 Å². The van der Waals surface area contributed by atoms with E-state index in [1.807, 2.05) is 4.90 Å². The van der Waals surface area contributed by atoms with Crippen LogP contribution in [0, 0.1) is 5.92 Å². The molecule has 0 bridgehead atoms. The molecule has 2 fully saturated rings. The molecule has 2 N–H and O–H groups in total. The van der Waals surface area contributed by atoms with E-state index in [-0.39, 0.29) is 18.0 Å². The molecule has 1 unspecified atom stereocenters. The molecule has 5 heteroatoms. The second kappa shape index (κ2) is 5.80. The van der Waals surface area contributed by atoms with Crippen LogP contribution in [-0.2, 0) is 4.79 Å². The third-order valence-electron chi connectivity index (χ3n) is 4.70. The number of carbonyl (C=O) groups excluding carboxylic acids is 1. The predicted molar refractivity (Wildman–Crippen MR) is 72.0 cm³/mol. The van der Waals surface area contributed by atoms with Crippen molar-refractivity contribution in [3.8, 4) is 0 Å². The van der Waals surface area contributed by atoms with E-state index in [1.54, 1.807) is 0 Å². The molecule has 108 valence electrons. The monoisotopic (exact) mass is 268 g/mol. The lowest BCUT2D eigenvalue weighted by Gasteiger charge is -2.42. The maximum absolute atomic E-state index is 12.2. The molecule has 2 amide bonds. The Hall–Kier alpha value is -1.26. The van der Waals surface area contributed by atoms with Gasteiger partial charge in [0.2, 0.25) is 0 Å². The minimum atomic E-state index is -0.748. The van der Waals surface area contributed by atoms with E-state index in [0.717, 1.165) is 32.2 Å². The van der Waals surface area contributed by atoms with Crippen molar-refractivity contribution in [2.24, 2.45) is 5.92 Å². The highest BCUT2D eigenvalue weighted by atomic mass is 16.4. The fourth-order valence-corrected chi connectivity index (χ4v) is 3.06. The predicted octanol–water partition coefficient (Wildman–Crippen LogP) is 2.22. The van der Waals surface area contributed by atoms with Gasteiger partial charge in [0.15, 0.2) is 0 Å². The Morgan fingerprint density at radius 2 is 2.16 bits per heavy atom. The third kappa shape index (κ3) is 3.39. The number of rotatable bonds is 5. The molecule has 0 radical (unpaired) electrons. The summed E-state index contributed by atoms with van der Waals surface area (Å²) < 4.78 is 0. The van der Waals surface area contributed by atoms with Crippen LogP contribution in [0.25, 0.3) is 0 Å². The number of aliphatic carboxylic acids is 1. The van der Waals surface area contributed by atoms with Gasteiger partial charge < -0.3 is 15.3 Å². The van der Waals surface area contributed by atoms with Gasteiger partial charge in [-0.25, -0.2) is 4.79 Å². The Balaban J connectivity index is 1.77. The first kappa shape index (κ1) is 14.2. The van der Waals surface area contributed by atoms with E-state index in [1.165, 1.54) is 6.42 Å². The normalized spacial score (nSPS) is 24.9. The summed E-state index contributed by atoms with van der Waals surface area (Å²) in [6.45, 7) is 3.59. The number of hydrogen-bond donors (Lipinski definition) is 2. The zero-order valence-electron chi connectivity index (χ0n) is 11.7. The fraction of sp³-hybridized carbons (Fsp3) is 0.857. The molecule has 1 saturated heterocycles. The lowest BCUT2D eigenvalue weighted by molar-refractivity contribution is -0.137. The molecule has 0 aromatic carbocycles. The molecule has 1 saturated carbocycles. The summed E-state index contributed by atoms with van der Waals surface area (Å²) in [4.78, 5) is 24.6. The van der Waals surface area contributed by atoms with Gasteiger partial charge in [-0.3, -0.25) is 4.79 Å². The summed E-state index contributed by atoms with van der Waals surface area (Å²) in [5, 5.41) is 11.9. The summed E-state index contributed by atoms with van der Waals surface area (Å²) in [6, 6.07) is 0.0411. The van der Waals surface area contributed by atoms with Gasteiger partial charge in [-0.2, -0.15) is 0 Å². The quantitative estimate of drug-likeness (QED) is 0.803. The minimum Gasteiger partial charge on any atom is -0.481 e. The molecule has 1 atom stereocenters. The van der Waals surface area contributed by atoms with Crippen LogP contribution < -0.4 is 5.32 Å². The molecule has 5 nitrogen and oxygen atoms in total. The van der Waals surface area contributed by atoms with Crippen LogP contribution in [0.4, 0.5) is 4.79 Å². The summed E-state index contributed by atoms with van der Waals surface area (Å²) >= 11 is 0. The van der Waals surface area contributed by atoms with Crippen LogP contribution >= 0.6 is 0 Å². The number of carbonyl (C=O) groups is 2. The Labute approximate surface area is 114 Å². The number of carboxylic acid groups (broad SMARTS) is 1. The van der Waals surface area contributed by atoms with E-state index in [2.05, 4.69) is 12.2 Å². The molecule has 19 heavy (non-hydrogen) atoms. The number of nitrogens with one attached hydrogen (secondary N) is 1. The summed E-state index contributed by atoms with van der Waals surface area (Å²) in [6.07, 6.45) is 6.19. The van der Waals surface area contributed by atoms with Crippen LogP contribution in [-0.4, -0.2) is 40.6 Å². The molecule has 0 aromatic heterocycles. The smallest absolute Gasteiger partial charge is 0.317 e. The van der Waals surface area contributed by atoms with Crippen LogP contribution in [0.5, 0.6) is 0 Å². The van der Waals surface area contributed by atoms with Crippen molar-refractivity contribution in [2.75, 3.05) is 13.1 Å². The number of hydrogen-bond acceptors (Lipinski definition) is 2. The highest BCUT2D eigenvalue weighted by Gasteiger charge is 2.38. The van der Waals surface area contributed by atoms with Crippen LogP contribution in [0.1, 0.15) is 51.9 Å². The zero-order valence-corrected chi connectivity index (χ0v) is 11.7. The Bertz CT molecular complexity index is 347. The maximum atomic E-state index is 12.2. The molecule has 1 heterocycles. The first-order valence-electron chi connectivity index (χ1n) is 7.33. The van der Waals surface area contributed by atoms with Gasteiger partial charge in [-0.1, -0.05) is 6.92 Å². The average molecular weight is 268 g/mol. The molecule has 0 aromatic rings. The van der Waals surface area contributed by atoms with E-state index in [4.69, 9.17) is 5.11 Å². The van der Waals surface area contributed by atoms with Gasteiger partial charge in [0.25, 0.3) is 0 Å². The number of amides is 2. The second-order valence-corrected chi connectivity index (χ2v) is 5.95. The summed E-state index contributed by atoms with van der Waals surface area (Å²) in [7, 11) is 0. The van der Waals surface area contributed by atoms with Gasteiger partial charge in [0.05, 0.1) is 0 Å². The SMILES string of the molecule is CCC1(NC(=O)N2CCC(CCC(=O)O)C2)CCC1. The van der Waals surface area contributed by atoms with Crippen molar-refractivity contribution in [3.63, 3.8) is 0 Å². The first-order valence-corrected chi connectivity index (χ1v) is 7.33. The fourth-order valence-electron chi connectivity index (χ4n) is 3.06. The van der Waals surface area contributed by atoms with E-state index in [0.29, 0.717) is 18.9 Å². The van der Waals surface area contributed by atoms with Gasteiger partial charge in [-0.05, 0) is 44.4 Å². The number of urea groups is 1. The summed E-state index contributed by atoms with van der Waals surface area (Å²) in [5.41, 5.74) is 0.0379. The highest BCUT2D eigenvalue weighted by Crippen LogP contribution is 2.35. The topological polar surface area (TPSA) is 69.6 Å². The van der Waals surface area contributed by atoms with Crippen molar-refractivity contribution < 1.29 is 14.7 Å². The number of carboxylic acids is 1. The lowest BCUT2D eigenvalue weighted by Crippen LogP contribution is -2.56. The highest BCUT2D eigenvalue weighted by molar-refractivity contribution is 5.75. The molecule has 1 aliphatic carbocycles. The van der Waals surface area contributed by atoms with Crippen LogP contribution in [0.15, 0.2) is 0 Å². The van der Waals surface area contributed by atoms with Crippen molar-refractivity contribution in [1.82, 2.24) is 10.2 Å². The Morgan fingerprint density at radius 3 is 2.68 bits per heavy atom. The average Bonchev–Trinajstić information content (AvgIpc) is 2.80. The maximum Gasteiger partial charge on any atom is 0.317 e. The molecule has 1 aliphatic heterocycles. The van der Waals surface area contributed by atoms with E-state index >= 15 is 0 Å². The molecular formula is C14H24N2O3. The standard InChI is InChI=1S/C14H24N2O3/c1-2-14(7-3-8-14)15-13(19)16-9-6-11(10-16)4-5-12(17)18/h11H,2-10H2,1H3,(H,15,19)(H,17,18). The van der Waals surface area contributed by atoms with Crippen molar-refractivity contribution >= 4 is 12.0 Å². The zero-order chi connectivity index (χ0) is 13.9. The number of likely N-dealkylation sites (tertiary alicyclic amines) is 1. The molecular weight excluding hydrogens is 244 g/mol. The Morgan fingerprint density at radius 1 is 1.42 bits per heavy atom. The second-order valence-electron chi connectivity index (χ2n) is 5.95. The van der Waals surface area contributed by atoms with Gasteiger partial charge in [-0.15, -0.1) is 0 Å². The van der Waals surface area contributed by atoms with E-state index < -0.39 is 5.97 Å². The molecule has 0 spiro atoms. The molecule has 2 aliphatic rings. The summed E-state index contributed by atoms with van der Waals surface area (Å²) in [5.74, 6) is -0.400. The van der Waals surface area contributed by atoms with Gasteiger partial charge >= 0.3 is 12.0 Å². The lowest BCUT2D eigenvalue weighted by atomic mass is 9.75. The third-order valence-corrected chi connectivity index (χ3v) is 4.70. The van der Waals surface area contributed by atoms with Gasteiger partial charge in [0, 0.05) is 25.0 Å². The number of nitrogens with zero attached hydrogens (tertiary/aromatic N) is 1. The largest absolute Gasteiger partial charge is 0.481 e. The van der Waals surface area contributed by atoms with Crippen molar-refractivity contribution in [2.45, 2.75) is 57.4 Å². The van der Waals surface area contributed by atoms with E-state index in [9.17, 15) is 9.59 Å². The van der Waals surface area contributed by atoms with Crippen LogP contribution in [0.3, 0.4) is 0 Å². The van der Waals surface area contributed by atoms with Gasteiger partial charge in [0.1, 0.15) is 0 Å². The van der Waals surface area contributed by atoms with Crippen molar-refractivity contribution in [3.05, 3.63) is 0 Å². The Kier molecular flexibility index (Phi) is 4.32. The minimum absolute atomic E-state index is 0.0379. The van der Waals surface area contributed by atoms with Crippen molar-refractivity contribution in [1.29, 1.82) is 0 Å². The molecule has 2 rings (SSSR count).